The fourth-order valence-corrected chi connectivity index (χ4v) is 1.72. The molecule has 0 atom stereocenters. The van der Waals surface area contributed by atoms with E-state index in [9.17, 15) is 14.4 Å². The zero-order valence-electron chi connectivity index (χ0n) is 10.8. The number of benzene rings is 1. The van der Waals surface area contributed by atoms with E-state index in [2.05, 4.69) is 10.1 Å². The lowest BCUT2D eigenvalue weighted by Gasteiger charge is -2.04. The number of thioether (sulfide) groups is 1. The van der Waals surface area contributed by atoms with Gasteiger partial charge in [-0.2, -0.15) is 0 Å². The second-order valence-electron chi connectivity index (χ2n) is 3.55. The SMILES string of the molecule is CCOC(=O)C(=O)NCC(=O)c1ccc(SC)cc1. The second kappa shape index (κ2) is 7.58. The van der Waals surface area contributed by atoms with Crippen LogP contribution in [-0.2, 0) is 14.3 Å². The molecule has 0 aliphatic rings. The number of amides is 1. The van der Waals surface area contributed by atoms with E-state index >= 15 is 0 Å². The Morgan fingerprint density at radius 1 is 1.21 bits per heavy atom. The molecule has 102 valence electrons. The first kappa shape index (κ1) is 15.2. The average molecular weight is 281 g/mol. The minimum atomic E-state index is -0.979. The molecule has 1 amide bonds. The molecule has 5 nitrogen and oxygen atoms in total. The zero-order valence-corrected chi connectivity index (χ0v) is 11.6. The molecule has 1 N–H and O–H groups in total. The van der Waals surface area contributed by atoms with Crippen LogP contribution in [0, 0.1) is 0 Å². The second-order valence-corrected chi connectivity index (χ2v) is 4.43. The van der Waals surface area contributed by atoms with Gasteiger partial charge in [0.1, 0.15) is 0 Å². The summed E-state index contributed by atoms with van der Waals surface area (Å²) in [5, 5.41) is 2.23. The van der Waals surface area contributed by atoms with E-state index in [1.807, 2.05) is 18.4 Å². The number of rotatable bonds is 5. The molecule has 0 aromatic heterocycles. The van der Waals surface area contributed by atoms with Crippen LogP contribution in [0.2, 0.25) is 0 Å². The van der Waals surface area contributed by atoms with Gasteiger partial charge in [0, 0.05) is 10.5 Å². The molecule has 0 aliphatic carbocycles. The third-order valence-electron chi connectivity index (χ3n) is 2.28. The predicted molar refractivity (Wildman–Crippen MR) is 72.2 cm³/mol. The topological polar surface area (TPSA) is 72.5 Å². The van der Waals surface area contributed by atoms with Crippen molar-refractivity contribution in [2.24, 2.45) is 0 Å². The van der Waals surface area contributed by atoms with Gasteiger partial charge in [0.05, 0.1) is 13.2 Å². The quantitative estimate of drug-likeness (QED) is 0.381. The number of hydrogen-bond acceptors (Lipinski definition) is 5. The van der Waals surface area contributed by atoms with Gasteiger partial charge in [0.15, 0.2) is 5.78 Å². The highest BCUT2D eigenvalue weighted by atomic mass is 32.2. The molecule has 0 aliphatic heterocycles. The van der Waals surface area contributed by atoms with Crippen LogP contribution in [0.4, 0.5) is 0 Å². The highest BCUT2D eigenvalue weighted by Crippen LogP contribution is 2.14. The predicted octanol–water partition coefficient (Wildman–Crippen LogP) is 1.27. The molecule has 19 heavy (non-hydrogen) atoms. The summed E-state index contributed by atoms with van der Waals surface area (Å²) in [7, 11) is 0. The van der Waals surface area contributed by atoms with Gasteiger partial charge in [0.25, 0.3) is 0 Å². The first-order chi connectivity index (χ1) is 9.08. The van der Waals surface area contributed by atoms with E-state index in [1.165, 1.54) is 0 Å². The van der Waals surface area contributed by atoms with E-state index in [0.29, 0.717) is 5.56 Å². The van der Waals surface area contributed by atoms with Crippen molar-refractivity contribution < 1.29 is 19.1 Å². The molecule has 1 rings (SSSR count). The van der Waals surface area contributed by atoms with Crippen LogP contribution < -0.4 is 5.32 Å². The largest absolute Gasteiger partial charge is 0.459 e. The number of Topliss-reactive ketones (excluding diaryl/α,β-unsaturated/α-hetero) is 1. The normalized spacial score (nSPS) is 9.79. The number of carbonyl (C=O) groups is 3. The van der Waals surface area contributed by atoms with Gasteiger partial charge >= 0.3 is 11.9 Å². The molecule has 0 unspecified atom stereocenters. The number of esters is 1. The van der Waals surface area contributed by atoms with Crippen molar-refractivity contribution in [1.82, 2.24) is 5.32 Å². The van der Waals surface area contributed by atoms with Crippen LogP contribution in [0.5, 0.6) is 0 Å². The third-order valence-corrected chi connectivity index (χ3v) is 3.03. The van der Waals surface area contributed by atoms with Crippen molar-refractivity contribution in [2.75, 3.05) is 19.4 Å². The Kier molecular flexibility index (Phi) is 6.08. The Balaban J connectivity index is 2.50. The van der Waals surface area contributed by atoms with Gasteiger partial charge in [-0.15, -0.1) is 11.8 Å². The van der Waals surface area contributed by atoms with Crippen LogP contribution in [0.1, 0.15) is 17.3 Å². The molecule has 0 saturated heterocycles. The summed E-state index contributed by atoms with van der Waals surface area (Å²) in [5.74, 6) is -2.14. The van der Waals surface area contributed by atoms with Gasteiger partial charge in [-0.25, -0.2) is 4.79 Å². The van der Waals surface area contributed by atoms with Gasteiger partial charge in [-0.05, 0) is 25.3 Å². The number of ketones is 1. The third kappa shape index (κ3) is 4.75. The summed E-state index contributed by atoms with van der Waals surface area (Å²) in [5.41, 5.74) is 0.488. The van der Waals surface area contributed by atoms with Gasteiger partial charge < -0.3 is 10.1 Å². The standard InChI is InChI=1S/C13H15NO4S/c1-3-18-13(17)12(16)14-8-11(15)9-4-6-10(19-2)7-5-9/h4-7H,3,8H2,1-2H3,(H,14,16). The molecule has 1 aromatic carbocycles. The number of carbonyl (C=O) groups excluding carboxylic acids is 3. The van der Waals surface area contributed by atoms with Crippen LogP contribution >= 0.6 is 11.8 Å². The summed E-state index contributed by atoms with van der Waals surface area (Å²) in [6, 6.07) is 7.02. The first-order valence-electron chi connectivity index (χ1n) is 5.70. The monoisotopic (exact) mass is 281 g/mol. The van der Waals surface area contributed by atoms with Crippen LogP contribution in [0.3, 0.4) is 0 Å². The summed E-state index contributed by atoms with van der Waals surface area (Å²) in [6.07, 6.45) is 1.94. The van der Waals surface area contributed by atoms with Crippen molar-refractivity contribution in [3.8, 4) is 0 Å². The molecule has 0 heterocycles. The summed E-state index contributed by atoms with van der Waals surface area (Å²) < 4.78 is 4.51. The van der Waals surface area contributed by atoms with E-state index in [-0.39, 0.29) is 18.9 Å². The van der Waals surface area contributed by atoms with Crippen molar-refractivity contribution in [3.05, 3.63) is 29.8 Å². The van der Waals surface area contributed by atoms with Crippen LogP contribution in [0.25, 0.3) is 0 Å². The summed E-state index contributed by atoms with van der Waals surface area (Å²) in [6.45, 7) is 1.50. The van der Waals surface area contributed by atoms with E-state index in [4.69, 9.17) is 0 Å². The maximum atomic E-state index is 11.8. The zero-order chi connectivity index (χ0) is 14.3. The smallest absolute Gasteiger partial charge is 0.396 e. The van der Waals surface area contributed by atoms with Crippen molar-refractivity contribution in [2.45, 2.75) is 11.8 Å². The highest BCUT2D eigenvalue weighted by Gasteiger charge is 2.15. The fraction of sp³-hybridized carbons (Fsp3) is 0.308. The maximum absolute atomic E-state index is 11.8. The number of hydrogen-bond donors (Lipinski definition) is 1. The lowest BCUT2D eigenvalue weighted by molar-refractivity contribution is -0.154. The Labute approximate surface area is 115 Å². The van der Waals surface area contributed by atoms with Crippen molar-refractivity contribution >= 4 is 29.4 Å². The van der Waals surface area contributed by atoms with E-state index in [1.54, 1.807) is 30.8 Å². The maximum Gasteiger partial charge on any atom is 0.396 e. The minimum absolute atomic E-state index is 0.121. The van der Waals surface area contributed by atoms with Crippen molar-refractivity contribution in [1.29, 1.82) is 0 Å². The number of ether oxygens (including phenoxy) is 1. The molecule has 1 aromatic rings. The molecular formula is C13H15NO4S. The highest BCUT2D eigenvalue weighted by molar-refractivity contribution is 7.98. The van der Waals surface area contributed by atoms with Crippen molar-refractivity contribution in [3.63, 3.8) is 0 Å². The minimum Gasteiger partial charge on any atom is -0.459 e. The lowest BCUT2D eigenvalue weighted by Crippen LogP contribution is -2.36. The summed E-state index contributed by atoms with van der Waals surface area (Å²) in [4.78, 5) is 35.1. The number of nitrogens with one attached hydrogen (secondary N) is 1. The van der Waals surface area contributed by atoms with E-state index in [0.717, 1.165) is 4.90 Å². The Morgan fingerprint density at radius 2 is 1.84 bits per heavy atom. The van der Waals surface area contributed by atoms with Gasteiger partial charge in [-0.3, -0.25) is 9.59 Å². The Morgan fingerprint density at radius 3 is 2.37 bits per heavy atom. The Hall–Kier alpha value is -1.82. The average Bonchev–Trinajstić information content (AvgIpc) is 2.44. The lowest BCUT2D eigenvalue weighted by atomic mass is 10.1. The fourth-order valence-electron chi connectivity index (χ4n) is 1.31. The van der Waals surface area contributed by atoms with Gasteiger partial charge in [0.2, 0.25) is 0 Å². The Bertz CT molecular complexity index is 470. The molecule has 0 bridgehead atoms. The van der Waals surface area contributed by atoms with Crippen LogP contribution in [-0.4, -0.2) is 37.1 Å². The molecule has 0 radical (unpaired) electrons. The molecule has 0 saturated carbocycles. The molecule has 0 fully saturated rings. The summed E-state index contributed by atoms with van der Waals surface area (Å²) >= 11 is 1.57. The van der Waals surface area contributed by atoms with Crippen LogP contribution in [0.15, 0.2) is 29.2 Å². The molecule has 0 spiro atoms. The van der Waals surface area contributed by atoms with E-state index < -0.39 is 11.9 Å². The molecule has 6 heteroatoms. The van der Waals surface area contributed by atoms with Gasteiger partial charge in [-0.1, -0.05) is 12.1 Å². The molecular weight excluding hydrogens is 266 g/mol. The first-order valence-corrected chi connectivity index (χ1v) is 6.93.